The second kappa shape index (κ2) is 7.39. The maximum absolute atomic E-state index is 6.80. The second-order valence-corrected chi connectivity index (χ2v) is 9.82. The Hall–Kier alpha value is -0.150. The topological polar surface area (TPSA) is 15.7 Å². The van der Waals surface area contributed by atoms with Crippen LogP contribution in [0.15, 0.2) is 30.3 Å². The van der Waals surface area contributed by atoms with Crippen LogP contribution in [-0.4, -0.2) is 34.7 Å². The minimum Gasteiger partial charge on any atom is -0.322 e. The molecule has 3 aliphatic rings. The lowest BCUT2D eigenvalue weighted by molar-refractivity contribution is 0.198. The average Bonchev–Trinajstić information content (AvgIpc) is 3.10. The van der Waals surface area contributed by atoms with Gasteiger partial charge in [-0.05, 0) is 37.8 Å². The average molecular weight is 397 g/mol. The zero-order chi connectivity index (χ0) is 15.6. The van der Waals surface area contributed by atoms with E-state index in [0.29, 0.717) is 17.0 Å². The van der Waals surface area contributed by atoms with Crippen molar-refractivity contribution < 1.29 is 4.52 Å². The van der Waals surface area contributed by atoms with Gasteiger partial charge in [0.25, 0.3) is 0 Å². The minimum atomic E-state index is -0.650. The molecule has 23 heavy (non-hydrogen) atoms. The van der Waals surface area contributed by atoms with E-state index >= 15 is 0 Å². The molecule has 126 valence electrons. The van der Waals surface area contributed by atoms with E-state index in [0.717, 1.165) is 6.54 Å². The van der Waals surface area contributed by atoms with Crippen molar-refractivity contribution in [2.75, 3.05) is 17.8 Å². The molecule has 4 rings (SSSR count). The molecule has 1 unspecified atom stereocenters. The summed E-state index contributed by atoms with van der Waals surface area (Å²) in [5.74, 6) is 0. The van der Waals surface area contributed by atoms with Crippen molar-refractivity contribution in [1.29, 1.82) is 0 Å². The second-order valence-electron chi connectivity index (χ2n) is 6.93. The lowest BCUT2D eigenvalue weighted by atomic mass is 10.2. The summed E-state index contributed by atoms with van der Waals surface area (Å²) in [5, 5.41) is 0. The number of nitrogens with zero attached hydrogens (tertiary/aromatic N) is 2. The number of hydrogen-bond acceptors (Lipinski definition) is 3. The van der Waals surface area contributed by atoms with Crippen LogP contribution < -0.4 is 4.67 Å². The summed E-state index contributed by atoms with van der Waals surface area (Å²) in [6.45, 7) is 2.34. The van der Waals surface area contributed by atoms with Gasteiger partial charge in [0.05, 0.1) is 6.10 Å². The Labute approximate surface area is 149 Å². The van der Waals surface area contributed by atoms with Crippen molar-refractivity contribution in [3.05, 3.63) is 30.3 Å². The molecule has 0 aromatic heterocycles. The summed E-state index contributed by atoms with van der Waals surface area (Å²) in [4.78, 5) is 0.520. The number of anilines is 1. The molecule has 0 bridgehead atoms. The molecule has 0 amide bonds. The largest absolute Gasteiger partial charge is 0.322 e. The molecule has 4 atom stereocenters. The highest BCUT2D eigenvalue weighted by atomic mass is 79.9. The summed E-state index contributed by atoms with van der Waals surface area (Å²) in [7, 11) is -0.650. The summed E-state index contributed by atoms with van der Waals surface area (Å²) in [6, 6.07) is 11.6. The highest BCUT2D eigenvalue weighted by molar-refractivity contribution is 9.09. The first kappa shape index (κ1) is 16.3. The molecule has 0 N–H and O–H groups in total. The van der Waals surface area contributed by atoms with Gasteiger partial charge in [0.2, 0.25) is 8.45 Å². The fourth-order valence-corrected chi connectivity index (χ4v) is 7.34. The van der Waals surface area contributed by atoms with Crippen LogP contribution in [0, 0.1) is 0 Å². The van der Waals surface area contributed by atoms with E-state index in [2.05, 4.69) is 55.6 Å². The first-order valence-corrected chi connectivity index (χ1v) is 11.1. The van der Waals surface area contributed by atoms with E-state index in [-0.39, 0.29) is 0 Å². The van der Waals surface area contributed by atoms with Gasteiger partial charge in [-0.25, -0.2) is 4.67 Å². The van der Waals surface area contributed by atoms with Crippen molar-refractivity contribution in [3.8, 4) is 0 Å². The Morgan fingerprint density at radius 1 is 1.00 bits per heavy atom. The zero-order valence-electron chi connectivity index (χ0n) is 13.6. The van der Waals surface area contributed by atoms with Gasteiger partial charge in [-0.15, -0.1) is 0 Å². The maximum atomic E-state index is 6.80. The van der Waals surface area contributed by atoms with E-state index in [1.807, 2.05) is 0 Å². The fraction of sp³-hybridized carbons (Fsp3) is 0.667. The number of rotatable bonds is 3. The normalized spacial score (nSPS) is 35.3. The van der Waals surface area contributed by atoms with Gasteiger partial charge in [0.15, 0.2) is 0 Å². The highest BCUT2D eigenvalue weighted by Crippen LogP contribution is 2.58. The number of fused-ring (bicyclic) bond motifs is 1. The van der Waals surface area contributed by atoms with Gasteiger partial charge in [-0.3, -0.25) is 0 Å². The molecular formula is C18H26BrN2OP. The van der Waals surface area contributed by atoms with Crippen molar-refractivity contribution in [2.45, 2.75) is 61.9 Å². The quantitative estimate of drug-likeness (QED) is 0.391. The molecule has 2 saturated heterocycles. The Morgan fingerprint density at radius 2 is 1.83 bits per heavy atom. The van der Waals surface area contributed by atoms with Crippen molar-refractivity contribution in [3.63, 3.8) is 0 Å². The third-order valence-electron chi connectivity index (χ3n) is 5.31. The fourth-order valence-electron chi connectivity index (χ4n) is 4.03. The molecule has 1 aromatic rings. The smallest absolute Gasteiger partial charge is 0.218 e. The van der Waals surface area contributed by atoms with Crippen LogP contribution in [0.3, 0.4) is 0 Å². The Morgan fingerprint density at radius 3 is 2.70 bits per heavy atom. The summed E-state index contributed by atoms with van der Waals surface area (Å²) < 4.78 is 12.0. The number of para-hydroxylation sites is 1. The SMILES string of the molecule is Br[C@@H]1CCCCC[C@H]1OP1N(c2ccccc2)C[C@@H]2CCCN21. The van der Waals surface area contributed by atoms with E-state index in [1.54, 1.807) is 0 Å². The minimum absolute atomic E-state index is 0.370. The van der Waals surface area contributed by atoms with Crippen LogP contribution >= 0.6 is 24.4 Å². The third-order valence-corrected chi connectivity index (χ3v) is 8.59. The van der Waals surface area contributed by atoms with Gasteiger partial charge in [-0.1, -0.05) is 53.4 Å². The molecule has 5 heteroatoms. The molecule has 1 aliphatic carbocycles. The zero-order valence-corrected chi connectivity index (χ0v) is 16.1. The Balaban J connectivity index is 1.54. The van der Waals surface area contributed by atoms with Crippen LogP contribution in [0.2, 0.25) is 0 Å². The Kier molecular flexibility index (Phi) is 5.25. The predicted octanol–water partition coefficient (Wildman–Crippen LogP) is 5.31. The lowest BCUT2D eigenvalue weighted by Crippen LogP contribution is -2.27. The molecule has 2 aliphatic heterocycles. The lowest BCUT2D eigenvalue weighted by Gasteiger charge is -2.33. The van der Waals surface area contributed by atoms with Crippen LogP contribution in [0.25, 0.3) is 0 Å². The predicted molar refractivity (Wildman–Crippen MR) is 101 cm³/mol. The van der Waals surface area contributed by atoms with Gasteiger partial charge < -0.3 is 9.19 Å². The Bertz CT molecular complexity index is 517. The monoisotopic (exact) mass is 396 g/mol. The molecule has 1 aromatic carbocycles. The van der Waals surface area contributed by atoms with E-state index in [1.165, 1.54) is 57.2 Å². The van der Waals surface area contributed by atoms with Crippen molar-refractivity contribution >= 4 is 30.1 Å². The summed E-state index contributed by atoms with van der Waals surface area (Å²) in [5.41, 5.74) is 1.33. The van der Waals surface area contributed by atoms with Crippen LogP contribution in [0.4, 0.5) is 5.69 Å². The van der Waals surface area contributed by atoms with Crippen LogP contribution in [0.1, 0.15) is 44.9 Å². The molecular weight excluding hydrogens is 371 g/mol. The van der Waals surface area contributed by atoms with Gasteiger partial charge in [-0.2, -0.15) is 0 Å². The molecule has 0 spiro atoms. The van der Waals surface area contributed by atoms with Crippen molar-refractivity contribution in [2.24, 2.45) is 0 Å². The van der Waals surface area contributed by atoms with E-state index in [9.17, 15) is 0 Å². The number of benzene rings is 1. The number of halogens is 1. The maximum Gasteiger partial charge on any atom is 0.218 e. The third kappa shape index (κ3) is 3.46. The number of alkyl halides is 1. The number of hydrogen-bond donors (Lipinski definition) is 0. The molecule has 3 nitrogen and oxygen atoms in total. The first-order valence-electron chi connectivity index (χ1n) is 9.03. The standard InChI is InChI=1S/C18H26BrN2OP/c19-17-11-5-2-6-12-18(17)22-23-20-13-7-10-16(20)14-21(23)15-8-3-1-4-9-15/h1,3-4,8-9,16-18H,2,5-7,10-14H2/t16-,17+,18+,23?/m0/s1. The summed E-state index contributed by atoms with van der Waals surface area (Å²) in [6.07, 6.45) is 9.49. The molecule has 0 radical (unpaired) electrons. The van der Waals surface area contributed by atoms with Crippen LogP contribution in [0.5, 0.6) is 0 Å². The molecule has 1 saturated carbocycles. The van der Waals surface area contributed by atoms with Gasteiger partial charge in [0, 0.05) is 29.6 Å². The van der Waals surface area contributed by atoms with Gasteiger partial charge in [0.1, 0.15) is 0 Å². The molecule has 3 fully saturated rings. The molecule has 2 heterocycles. The summed E-state index contributed by atoms with van der Waals surface area (Å²) >= 11 is 3.91. The van der Waals surface area contributed by atoms with E-state index in [4.69, 9.17) is 4.52 Å². The van der Waals surface area contributed by atoms with Crippen molar-refractivity contribution in [1.82, 2.24) is 4.67 Å². The van der Waals surface area contributed by atoms with E-state index < -0.39 is 8.45 Å². The van der Waals surface area contributed by atoms with Crippen LogP contribution in [-0.2, 0) is 4.52 Å². The first-order chi connectivity index (χ1) is 11.3. The van der Waals surface area contributed by atoms with Gasteiger partial charge >= 0.3 is 0 Å². The highest BCUT2D eigenvalue weighted by Gasteiger charge is 2.45.